The van der Waals surface area contributed by atoms with Crippen LogP contribution in [-0.4, -0.2) is 18.3 Å². The summed E-state index contributed by atoms with van der Waals surface area (Å²) in [6.45, 7) is 8.91. The molecule has 1 N–H and O–H groups in total. The number of aryl methyl sites for hydroxylation is 2. The molecular formula is C15H25NS. The zero-order chi connectivity index (χ0) is 12.8. The fourth-order valence-electron chi connectivity index (χ4n) is 2.27. The monoisotopic (exact) mass is 251 g/mol. The largest absolute Gasteiger partial charge is 0.316 e. The first-order valence-electron chi connectivity index (χ1n) is 6.42. The van der Waals surface area contributed by atoms with Crippen LogP contribution in [0.5, 0.6) is 0 Å². The van der Waals surface area contributed by atoms with Crippen molar-refractivity contribution in [1.82, 2.24) is 5.32 Å². The van der Waals surface area contributed by atoms with Crippen LogP contribution in [-0.2, 0) is 5.75 Å². The highest BCUT2D eigenvalue weighted by atomic mass is 32.2. The van der Waals surface area contributed by atoms with E-state index in [9.17, 15) is 0 Å². The van der Waals surface area contributed by atoms with Gasteiger partial charge in [-0.25, -0.2) is 0 Å². The van der Waals surface area contributed by atoms with Crippen LogP contribution in [0.4, 0.5) is 0 Å². The Kier molecular flexibility index (Phi) is 6.07. The Labute approximate surface area is 110 Å². The molecule has 1 aromatic rings. The molecular weight excluding hydrogens is 226 g/mol. The summed E-state index contributed by atoms with van der Waals surface area (Å²) in [6, 6.07) is 7.45. The minimum atomic E-state index is 0.617. The number of benzene rings is 1. The first kappa shape index (κ1) is 14.6. The van der Waals surface area contributed by atoms with Crippen molar-refractivity contribution in [2.24, 2.45) is 0 Å². The lowest BCUT2D eigenvalue weighted by Crippen LogP contribution is -2.33. The number of thioether (sulfide) groups is 1. The number of hydrogen-bond donors (Lipinski definition) is 1. The highest BCUT2D eigenvalue weighted by Gasteiger charge is 2.13. The summed E-state index contributed by atoms with van der Waals surface area (Å²) in [5.41, 5.74) is 4.19. The minimum absolute atomic E-state index is 0.617. The van der Waals surface area contributed by atoms with Crippen LogP contribution in [0.3, 0.4) is 0 Å². The van der Waals surface area contributed by atoms with Crippen molar-refractivity contribution in [2.75, 3.05) is 7.05 Å². The Morgan fingerprint density at radius 2 is 1.76 bits per heavy atom. The van der Waals surface area contributed by atoms with Gasteiger partial charge in [-0.2, -0.15) is 11.8 Å². The van der Waals surface area contributed by atoms with Gasteiger partial charge in [0.15, 0.2) is 0 Å². The van der Waals surface area contributed by atoms with Gasteiger partial charge in [0.25, 0.3) is 0 Å². The predicted molar refractivity (Wildman–Crippen MR) is 79.8 cm³/mol. The molecule has 2 unspecified atom stereocenters. The van der Waals surface area contributed by atoms with Crippen molar-refractivity contribution in [3.63, 3.8) is 0 Å². The van der Waals surface area contributed by atoms with Crippen LogP contribution in [0.25, 0.3) is 0 Å². The van der Waals surface area contributed by atoms with Crippen LogP contribution in [0.2, 0.25) is 0 Å². The van der Waals surface area contributed by atoms with Gasteiger partial charge < -0.3 is 5.32 Å². The first-order chi connectivity index (χ1) is 8.06. The lowest BCUT2D eigenvalue weighted by molar-refractivity contribution is 0.541. The van der Waals surface area contributed by atoms with Crippen molar-refractivity contribution in [3.05, 3.63) is 34.9 Å². The third-order valence-corrected chi connectivity index (χ3v) is 4.53. The molecule has 96 valence electrons. The fourth-order valence-corrected chi connectivity index (χ4v) is 3.45. The molecule has 0 fully saturated rings. The van der Waals surface area contributed by atoms with Crippen molar-refractivity contribution >= 4 is 11.8 Å². The Morgan fingerprint density at radius 3 is 2.24 bits per heavy atom. The van der Waals surface area contributed by atoms with Gasteiger partial charge in [0.2, 0.25) is 0 Å². The molecule has 1 aromatic carbocycles. The third-order valence-electron chi connectivity index (χ3n) is 3.17. The maximum absolute atomic E-state index is 3.39. The Morgan fingerprint density at radius 1 is 1.18 bits per heavy atom. The summed E-state index contributed by atoms with van der Waals surface area (Å²) in [4.78, 5) is 0. The van der Waals surface area contributed by atoms with Crippen LogP contribution in [0.1, 0.15) is 37.0 Å². The first-order valence-corrected chi connectivity index (χ1v) is 7.47. The molecule has 17 heavy (non-hydrogen) atoms. The maximum atomic E-state index is 3.39. The molecule has 2 heteroatoms. The molecule has 0 heterocycles. The summed E-state index contributed by atoms with van der Waals surface area (Å²) in [5.74, 6) is 1.11. The van der Waals surface area contributed by atoms with Gasteiger partial charge in [0.05, 0.1) is 0 Å². The van der Waals surface area contributed by atoms with Gasteiger partial charge in [0, 0.05) is 17.0 Å². The van der Waals surface area contributed by atoms with E-state index in [-0.39, 0.29) is 0 Å². The van der Waals surface area contributed by atoms with E-state index in [0.29, 0.717) is 11.3 Å². The van der Waals surface area contributed by atoms with Crippen LogP contribution >= 0.6 is 11.8 Å². The van der Waals surface area contributed by atoms with Crippen molar-refractivity contribution in [3.8, 4) is 0 Å². The van der Waals surface area contributed by atoms with E-state index in [2.05, 4.69) is 58.3 Å². The van der Waals surface area contributed by atoms with E-state index < -0.39 is 0 Å². The summed E-state index contributed by atoms with van der Waals surface area (Å²) in [7, 11) is 2.06. The molecule has 0 amide bonds. The van der Waals surface area contributed by atoms with Gasteiger partial charge in [-0.15, -0.1) is 0 Å². The summed E-state index contributed by atoms with van der Waals surface area (Å²) in [6.07, 6.45) is 1.19. The molecule has 2 atom stereocenters. The SMILES string of the molecule is CCC(NC)C(C)SCc1cc(C)cc(C)c1. The highest BCUT2D eigenvalue weighted by Crippen LogP contribution is 2.22. The lowest BCUT2D eigenvalue weighted by atomic mass is 10.1. The molecule has 0 saturated heterocycles. The van der Waals surface area contributed by atoms with E-state index in [1.165, 1.54) is 23.1 Å². The van der Waals surface area contributed by atoms with Crippen LogP contribution in [0.15, 0.2) is 18.2 Å². The molecule has 0 aromatic heterocycles. The van der Waals surface area contributed by atoms with Crippen molar-refractivity contribution < 1.29 is 0 Å². The minimum Gasteiger partial charge on any atom is -0.316 e. The molecule has 1 rings (SSSR count). The molecule has 0 bridgehead atoms. The van der Waals surface area contributed by atoms with E-state index in [4.69, 9.17) is 0 Å². The van der Waals surface area contributed by atoms with Gasteiger partial charge >= 0.3 is 0 Å². The van der Waals surface area contributed by atoms with E-state index in [1.807, 2.05) is 11.8 Å². The van der Waals surface area contributed by atoms with Gasteiger partial charge in [-0.3, -0.25) is 0 Å². The third kappa shape index (κ3) is 4.72. The van der Waals surface area contributed by atoms with E-state index >= 15 is 0 Å². The molecule has 0 aliphatic rings. The molecule has 0 radical (unpaired) electrons. The summed E-state index contributed by atoms with van der Waals surface area (Å²) >= 11 is 2.04. The number of rotatable bonds is 6. The second kappa shape index (κ2) is 7.07. The zero-order valence-electron chi connectivity index (χ0n) is 11.7. The molecule has 0 spiro atoms. The predicted octanol–water partition coefficient (Wildman–Crippen LogP) is 3.92. The quantitative estimate of drug-likeness (QED) is 0.822. The Balaban J connectivity index is 2.55. The maximum Gasteiger partial charge on any atom is 0.0188 e. The Hall–Kier alpha value is -0.470. The average molecular weight is 251 g/mol. The van der Waals surface area contributed by atoms with Crippen LogP contribution < -0.4 is 5.32 Å². The molecule has 1 nitrogen and oxygen atoms in total. The molecule has 0 aliphatic heterocycles. The highest BCUT2D eigenvalue weighted by molar-refractivity contribution is 7.99. The number of nitrogens with one attached hydrogen (secondary N) is 1. The van der Waals surface area contributed by atoms with E-state index in [0.717, 1.165) is 5.75 Å². The lowest BCUT2D eigenvalue weighted by Gasteiger charge is -2.21. The van der Waals surface area contributed by atoms with Crippen molar-refractivity contribution in [2.45, 2.75) is 51.2 Å². The number of hydrogen-bond acceptors (Lipinski definition) is 2. The molecule has 0 aliphatic carbocycles. The standard InChI is InChI=1S/C15H25NS/c1-6-15(16-5)13(4)17-10-14-8-11(2)7-12(3)9-14/h7-9,13,15-16H,6,10H2,1-5H3. The van der Waals surface area contributed by atoms with Crippen LogP contribution in [0, 0.1) is 13.8 Å². The van der Waals surface area contributed by atoms with Gasteiger partial charge in [-0.05, 0) is 32.9 Å². The topological polar surface area (TPSA) is 12.0 Å². The zero-order valence-corrected chi connectivity index (χ0v) is 12.5. The average Bonchev–Trinajstić information content (AvgIpc) is 2.27. The smallest absolute Gasteiger partial charge is 0.0188 e. The van der Waals surface area contributed by atoms with Gasteiger partial charge in [-0.1, -0.05) is 43.2 Å². The van der Waals surface area contributed by atoms with E-state index in [1.54, 1.807) is 0 Å². The normalized spacial score (nSPS) is 14.6. The molecule has 0 saturated carbocycles. The second-order valence-corrected chi connectivity index (χ2v) is 6.18. The van der Waals surface area contributed by atoms with Gasteiger partial charge in [0.1, 0.15) is 0 Å². The van der Waals surface area contributed by atoms with Crippen molar-refractivity contribution in [1.29, 1.82) is 0 Å². The fraction of sp³-hybridized carbons (Fsp3) is 0.600. The Bertz CT molecular complexity index is 325. The second-order valence-electron chi connectivity index (χ2n) is 4.82. The summed E-state index contributed by atoms with van der Waals surface area (Å²) in [5, 5.41) is 4.05. The summed E-state index contributed by atoms with van der Waals surface area (Å²) < 4.78 is 0.